The van der Waals surface area contributed by atoms with Gasteiger partial charge in [-0.3, -0.25) is 0 Å². The third-order valence-corrected chi connectivity index (χ3v) is 2.29. The van der Waals surface area contributed by atoms with Crippen LogP contribution in [0.5, 0.6) is 0 Å². The average molecular weight is 148 g/mol. The first-order chi connectivity index (χ1) is 5.42. The Balaban J connectivity index is 2.39. The van der Waals surface area contributed by atoms with E-state index >= 15 is 0 Å². The quantitative estimate of drug-likeness (QED) is 0.659. The van der Waals surface area contributed by atoms with E-state index in [0.717, 1.165) is 12.4 Å². The van der Waals surface area contributed by atoms with Crippen LogP contribution in [-0.2, 0) is 0 Å². The predicted octanol–water partition coefficient (Wildman–Crippen LogP) is 2.00. The van der Waals surface area contributed by atoms with Crippen molar-refractivity contribution in [2.75, 3.05) is 11.9 Å². The zero-order valence-corrected chi connectivity index (χ0v) is 6.67. The Bertz CT molecular complexity index is 257. The van der Waals surface area contributed by atoms with Gasteiger partial charge in [0.2, 0.25) is 0 Å². The molecular formula is C9H12N2. The summed E-state index contributed by atoms with van der Waals surface area (Å²) < 4.78 is 0. The molecule has 1 aliphatic rings. The van der Waals surface area contributed by atoms with Crippen molar-refractivity contribution in [3.05, 3.63) is 23.9 Å². The summed E-state index contributed by atoms with van der Waals surface area (Å²) in [6, 6.07) is 4.17. The molecule has 0 radical (unpaired) electrons. The van der Waals surface area contributed by atoms with Crippen LogP contribution in [0.3, 0.4) is 0 Å². The third-order valence-electron chi connectivity index (χ3n) is 2.29. The lowest BCUT2D eigenvalue weighted by Crippen LogP contribution is -1.99. The van der Waals surface area contributed by atoms with Crippen molar-refractivity contribution in [3.63, 3.8) is 0 Å². The molecule has 1 unspecified atom stereocenters. The van der Waals surface area contributed by atoms with Gasteiger partial charge in [-0.2, -0.15) is 0 Å². The molecular weight excluding hydrogens is 136 g/mol. The van der Waals surface area contributed by atoms with Crippen LogP contribution in [0.1, 0.15) is 24.8 Å². The van der Waals surface area contributed by atoms with Crippen molar-refractivity contribution in [1.29, 1.82) is 0 Å². The highest BCUT2D eigenvalue weighted by molar-refractivity contribution is 5.51. The molecule has 11 heavy (non-hydrogen) atoms. The second-order valence-electron chi connectivity index (χ2n) is 2.93. The Morgan fingerprint density at radius 2 is 2.64 bits per heavy atom. The van der Waals surface area contributed by atoms with Gasteiger partial charge in [0, 0.05) is 18.7 Å². The van der Waals surface area contributed by atoms with Gasteiger partial charge >= 0.3 is 0 Å². The Labute approximate surface area is 66.7 Å². The molecule has 1 N–H and O–H groups in total. The maximum atomic E-state index is 4.25. The van der Waals surface area contributed by atoms with Gasteiger partial charge in [-0.15, -0.1) is 0 Å². The lowest BCUT2D eigenvalue weighted by molar-refractivity contribution is 0.727. The molecule has 1 atom stereocenters. The molecule has 2 rings (SSSR count). The van der Waals surface area contributed by atoms with Crippen molar-refractivity contribution in [2.45, 2.75) is 19.3 Å². The van der Waals surface area contributed by atoms with Crippen LogP contribution >= 0.6 is 0 Å². The zero-order valence-electron chi connectivity index (χ0n) is 6.67. The Hall–Kier alpha value is -1.05. The fourth-order valence-corrected chi connectivity index (χ4v) is 1.59. The van der Waals surface area contributed by atoms with Crippen LogP contribution in [0.4, 0.5) is 5.82 Å². The SMILES string of the molecule is CCC1CNc2ncccc21. The van der Waals surface area contributed by atoms with Crippen LogP contribution in [0.15, 0.2) is 18.3 Å². The van der Waals surface area contributed by atoms with Gasteiger partial charge in [-0.25, -0.2) is 4.98 Å². The first kappa shape index (κ1) is 6.65. The summed E-state index contributed by atoms with van der Waals surface area (Å²) in [5.41, 5.74) is 1.38. The first-order valence-electron chi connectivity index (χ1n) is 4.10. The van der Waals surface area contributed by atoms with Gasteiger partial charge in [0.25, 0.3) is 0 Å². The minimum absolute atomic E-state index is 0.679. The average Bonchev–Trinajstić information content (AvgIpc) is 2.47. The summed E-state index contributed by atoms with van der Waals surface area (Å²) in [7, 11) is 0. The van der Waals surface area contributed by atoms with Crippen molar-refractivity contribution < 1.29 is 0 Å². The minimum atomic E-state index is 0.679. The van der Waals surface area contributed by atoms with Crippen molar-refractivity contribution in [1.82, 2.24) is 4.98 Å². The molecule has 2 heterocycles. The van der Waals surface area contributed by atoms with Crippen molar-refractivity contribution in [2.24, 2.45) is 0 Å². The molecule has 0 saturated carbocycles. The highest BCUT2D eigenvalue weighted by Crippen LogP contribution is 2.30. The molecule has 0 saturated heterocycles. The maximum absolute atomic E-state index is 4.25. The van der Waals surface area contributed by atoms with Gasteiger partial charge in [-0.1, -0.05) is 13.0 Å². The Morgan fingerprint density at radius 3 is 3.45 bits per heavy atom. The van der Waals surface area contributed by atoms with Crippen LogP contribution in [0.2, 0.25) is 0 Å². The van der Waals surface area contributed by atoms with Crippen LogP contribution < -0.4 is 5.32 Å². The molecule has 0 fully saturated rings. The van der Waals surface area contributed by atoms with Gasteiger partial charge in [0.1, 0.15) is 5.82 Å². The van der Waals surface area contributed by atoms with Gasteiger partial charge < -0.3 is 5.32 Å². The highest BCUT2D eigenvalue weighted by atomic mass is 15.0. The summed E-state index contributed by atoms with van der Waals surface area (Å²) in [6.45, 7) is 3.28. The number of hydrogen-bond acceptors (Lipinski definition) is 2. The molecule has 1 aromatic rings. The van der Waals surface area contributed by atoms with Gasteiger partial charge in [0.15, 0.2) is 0 Å². The molecule has 2 heteroatoms. The molecule has 0 aliphatic carbocycles. The number of aromatic nitrogens is 1. The number of hydrogen-bond donors (Lipinski definition) is 1. The summed E-state index contributed by atoms with van der Waals surface area (Å²) in [5.74, 6) is 1.76. The molecule has 0 amide bonds. The molecule has 2 nitrogen and oxygen atoms in total. The van der Waals surface area contributed by atoms with E-state index in [9.17, 15) is 0 Å². The molecule has 1 aliphatic heterocycles. The van der Waals surface area contributed by atoms with Crippen molar-refractivity contribution in [3.8, 4) is 0 Å². The maximum Gasteiger partial charge on any atom is 0.129 e. The van der Waals surface area contributed by atoms with Crippen LogP contribution in [-0.4, -0.2) is 11.5 Å². The molecule has 1 aromatic heterocycles. The second kappa shape index (κ2) is 2.53. The number of nitrogens with one attached hydrogen (secondary N) is 1. The summed E-state index contributed by atoms with van der Waals surface area (Å²) in [4.78, 5) is 4.25. The fraction of sp³-hybridized carbons (Fsp3) is 0.444. The monoisotopic (exact) mass is 148 g/mol. The standard InChI is InChI=1S/C9H12N2/c1-2-7-6-11-9-8(7)4-3-5-10-9/h3-5,7H,2,6H2,1H3,(H,10,11). The first-order valence-corrected chi connectivity index (χ1v) is 4.10. The number of fused-ring (bicyclic) bond motifs is 1. The van der Waals surface area contributed by atoms with E-state index in [-0.39, 0.29) is 0 Å². The predicted molar refractivity (Wildman–Crippen MR) is 45.8 cm³/mol. The van der Waals surface area contributed by atoms with Gasteiger partial charge in [0.05, 0.1) is 0 Å². The molecule has 0 aromatic carbocycles. The summed E-state index contributed by atoms with van der Waals surface area (Å²) in [6.07, 6.45) is 3.04. The van der Waals surface area contributed by atoms with E-state index in [1.807, 2.05) is 12.3 Å². The van der Waals surface area contributed by atoms with Crippen molar-refractivity contribution >= 4 is 5.82 Å². The number of anilines is 1. The number of pyridine rings is 1. The van der Waals surface area contributed by atoms with Crippen LogP contribution in [0.25, 0.3) is 0 Å². The minimum Gasteiger partial charge on any atom is -0.369 e. The van der Waals surface area contributed by atoms with E-state index < -0.39 is 0 Å². The Kier molecular flexibility index (Phi) is 1.53. The zero-order chi connectivity index (χ0) is 7.68. The summed E-state index contributed by atoms with van der Waals surface area (Å²) >= 11 is 0. The highest BCUT2D eigenvalue weighted by Gasteiger charge is 2.20. The number of rotatable bonds is 1. The second-order valence-corrected chi connectivity index (χ2v) is 2.93. The third kappa shape index (κ3) is 0.985. The summed E-state index contributed by atoms with van der Waals surface area (Å²) in [5, 5.41) is 3.29. The molecule has 0 spiro atoms. The van der Waals surface area contributed by atoms with E-state index in [1.165, 1.54) is 12.0 Å². The van der Waals surface area contributed by atoms with E-state index in [2.05, 4.69) is 23.3 Å². The molecule has 0 bridgehead atoms. The van der Waals surface area contributed by atoms with E-state index in [1.54, 1.807) is 0 Å². The normalized spacial score (nSPS) is 21.0. The Morgan fingerprint density at radius 1 is 1.73 bits per heavy atom. The smallest absolute Gasteiger partial charge is 0.129 e. The number of nitrogens with zero attached hydrogens (tertiary/aromatic N) is 1. The van der Waals surface area contributed by atoms with E-state index in [4.69, 9.17) is 0 Å². The lowest BCUT2D eigenvalue weighted by atomic mass is 10.0. The molecule has 58 valence electrons. The topological polar surface area (TPSA) is 24.9 Å². The fourth-order valence-electron chi connectivity index (χ4n) is 1.59. The van der Waals surface area contributed by atoms with Gasteiger partial charge in [-0.05, 0) is 18.1 Å². The lowest BCUT2D eigenvalue weighted by Gasteiger charge is -2.03. The van der Waals surface area contributed by atoms with Crippen LogP contribution in [0, 0.1) is 0 Å². The largest absolute Gasteiger partial charge is 0.369 e. The van der Waals surface area contributed by atoms with E-state index in [0.29, 0.717) is 5.92 Å².